The lowest BCUT2D eigenvalue weighted by Gasteiger charge is -2.35. The Balaban J connectivity index is 0.000000454. The van der Waals surface area contributed by atoms with Crippen molar-refractivity contribution in [2.45, 2.75) is 115 Å². The van der Waals surface area contributed by atoms with E-state index in [4.69, 9.17) is 5.73 Å². The fourth-order valence-electron chi connectivity index (χ4n) is 5.38. The van der Waals surface area contributed by atoms with Crippen LogP contribution in [-0.4, -0.2) is 40.2 Å². The fourth-order valence-corrected chi connectivity index (χ4v) is 6.68. The fraction of sp³-hybridized carbons (Fsp3) is 0.667. The lowest BCUT2D eigenvalue weighted by Crippen LogP contribution is -2.38. The molecule has 3 rings (SSSR count). The molecule has 3 N–H and O–H groups in total. The van der Waals surface area contributed by atoms with E-state index in [9.17, 15) is 23.1 Å². The number of thioether (sulfide) groups is 1. The zero-order valence-corrected chi connectivity index (χ0v) is 25.7. The molecule has 2 aliphatic rings. The summed E-state index contributed by atoms with van der Waals surface area (Å²) in [6.07, 6.45) is 22.8. The predicted molar refractivity (Wildman–Crippen MR) is 166 cm³/mol. The third-order valence-corrected chi connectivity index (χ3v) is 9.11. The van der Waals surface area contributed by atoms with Gasteiger partial charge in [0.2, 0.25) is 0 Å². The summed E-state index contributed by atoms with van der Waals surface area (Å²) in [6.45, 7) is 3.87. The number of nitrogens with zero attached hydrogens (tertiary/aromatic N) is 1. The Morgan fingerprint density at radius 1 is 1.00 bits per heavy atom. The molecule has 1 aromatic rings. The second kappa shape index (κ2) is 20.1. The highest BCUT2D eigenvalue weighted by atomic mass is 32.2. The van der Waals surface area contributed by atoms with E-state index in [1.807, 2.05) is 11.1 Å². The third-order valence-electron chi connectivity index (χ3n) is 7.83. The van der Waals surface area contributed by atoms with Crippen LogP contribution in [0.5, 0.6) is 0 Å². The van der Waals surface area contributed by atoms with Gasteiger partial charge in [-0.05, 0) is 56.0 Å². The summed E-state index contributed by atoms with van der Waals surface area (Å²) < 4.78 is 42.1. The van der Waals surface area contributed by atoms with E-state index in [0.29, 0.717) is 5.92 Å². The Bertz CT molecular complexity index is 908. The molecule has 0 radical (unpaired) electrons. The van der Waals surface area contributed by atoms with Crippen LogP contribution in [0.3, 0.4) is 0 Å². The SMILES string of the molecule is CCCCCCCCCCN.O=C(O)C1=CC=CN(CC2CCCCCC2)C1SCCC(F)(F)c1ccc(F)cc1. The highest BCUT2D eigenvalue weighted by Gasteiger charge is 2.34. The molecule has 4 nitrogen and oxygen atoms in total. The molecule has 1 fully saturated rings. The highest BCUT2D eigenvalue weighted by Crippen LogP contribution is 2.36. The minimum absolute atomic E-state index is 0.0919. The van der Waals surface area contributed by atoms with Crippen LogP contribution in [0.15, 0.2) is 48.2 Å². The van der Waals surface area contributed by atoms with Crippen LogP contribution in [0.2, 0.25) is 0 Å². The van der Waals surface area contributed by atoms with Crippen molar-refractivity contribution >= 4 is 17.7 Å². The molecular weight excluding hydrogens is 545 g/mol. The lowest BCUT2D eigenvalue weighted by molar-refractivity contribution is -0.133. The molecule has 232 valence electrons. The van der Waals surface area contributed by atoms with Gasteiger partial charge in [0.15, 0.2) is 0 Å². The van der Waals surface area contributed by atoms with Crippen LogP contribution in [0.4, 0.5) is 13.2 Å². The lowest BCUT2D eigenvalue weighted by atomic mass is 9.99. The number of halogens is 3. The molecule has 1 aromatic carbocycles. The maximum atomic E-state index is 14.5. The van der Waals surface area contributed by atoms with Crippen molar-refractivity contribution in [1.29, 1.82) is 0 Å². The first-order chi connectivity index (χ1) is 19.8. The predicted octanol–water partition coefficient (Wildman–Crippen LogP) is 9.26. The molecule has 0 aromatic heterocycles. The normalized spacial score (nSPS) is 17.9. The Morgan fingerprint density at radius 2 is 1.61 bits per heavy atom. The summed E-state index contributed by atoms with van der Waals surface area (Å²) in [7, 11) is 0. The molecule has 1 heterocycles. The maximum Gasteiger partial charge on any atom is 0.334 e. The average Bonchev–Trinajstić information content (AvgIpc) is 3.22. The second-order valence-electron chi connectivity index (χ2n) is 11.3. The summed E-state index contributed by atoms with van der Waals surface area (Å²) in [6, 6.07) is 4.26. The van der Waals surface area contributed by atoms with Crippen molar-refractivity contribution in [1.82, 2.24) is 4.90 Å². The number of rotatable bonds is 16. The van der Waals surface area contributed by atoms with E-state index in [2.05, 4.69) is 6.92 Å². The van der Waals surface area contributed by atoms with Crippen LogP contribution in [0.1, 0.15) is 109 Å². The molecule has 1 saturated carbocycles. The number of carboxylic acid groups (broad SMARTS) is 1. The van der Waals surface area contributed by atoms with Gasteiger partial charge in [0.1, 0.15) is 11.2 Å². The Morgan fingerprint density at radius 3 is 2.20 bits per heavy atom. The third kappa shape index (κ3) is 13.7. The van der Waals surface area contributed by atoms with Crippen molar-refractivity contribution < 1.29 is 23.1 Å². The smallest absolute Gasteiger partial charge is 0.334 e. The molecule has 0 spiro atoms. The van der Waals surface area contributed by atoms with Gasteiger partial charge in [-0.25, -0.2) is 18.0 Å². The molecule has 1 aliphatic heterocycles. The van der Waals surface area contributed by atoms with E-state index < -0.39 is 29.5 Å². The van der Waals surface area contributed by atoms with E-state index in [-0.39, 0.29) is 16.9 Å². The molecule has 8 heteroatoms. The van der Waals surface area contributed by atoms with Gasteiger partial charge in [-0.15, -0.1) is 11.8 Å². The van der Waals surface area contributed by atoms with Crippen LogP contribution in [0.25, 0.3) is 0 Å². The van der Waals surface area contributed by atoms with Gasteiger partial charge in [-0.1, -0.05) is 89.7 Å². The van der Waals surface area contributed by atoms with Gasteiger partial charge in [0, 0.05) is 30.5 Å². The number of benzene rings is 1. The Labute approximate surface area is 250 Å². The molecule has 0 saturated heterocycles. The van der Waals surface area contributed by atoms with E-state index >= 15 is 0 Å². The molecule has 1 unspecified atom stereocenters. The van der Waals surface area contributed by atoms with E-state index in [0.717, 1.165) is 50.2 Å². The summed E-state index contributed by atoms with van der Waals surface area (Å²) in [4.78, 5) is 13.7. The number of hydrogen-bond donors (Lipinski definition) is 2. The quantitative estimate of drug-likeness (QED) is 0.147. The van der Waals surface area contributed by atoms with E-state index in [1.165, 1.54) is 88.8 Å². The highest BCUT2D eigenvalue weighted by molar-refractivity contribution is 8.00. The summed E-state index contributed by atoms with van der Waals surface area (Å²) >= 11 is 1.23. The molecule has 0 bridgehead atoms. The van der Waals surface area contributed by atoms with Crippen molar-refractivity contribution in [2.24, 2.45) is 11.7 Å². The Kier molecular flexibility index (Phi) is 17.3. The molecular formula is C33H51F3N2O2S. The van der Waals surface area contributed by atoms with E-state index in [1.54, 1.807) is 12.2 Å². The molecule has 1 aliphatic carbocycles. The summed E-state index contributed by atoms with van der Waals surface area (Å²) in [5, 5.41) is 9.13. The standard InChI is InChI=1S/C23H28F3NO2S.C10H23N/c24-19-11-9-18(10-12-19)23(25,26)13-15-30-21-20(22(28)29)8-5-14-27(21)16-17-6-3-1-2-4-7-17;1-2-3-4-5-6-7-8-9-10-11/h5,8-12,14,17,21H,1-4,6-7,13,15-16H2,(H,28,29);2-11H2,1H3. The first kappa shape index (κ1) is 35.3. The number of nitrogens with two attached hydrogens (primary N) is 1. The number of carboxylic acids is 1. The first-order valence-corrected chi connectivity index (χ1v) is 16.7. The largest absolute Gasteiger partial charge is 0.478 e. The van der Waals surface area contributed by atoms with Gasteiger partial charge < -0.3 is 15.7 Å². The van der Waals surface area contributed by atoms with Gasteiger partial charge in [0.05, 0.1) is 5.57 Å². The molecule has 1 atom stereocenters. The minimum Gasteiger partial charge on any atom is -0.478 e. The monoisotopic (exact) mass is 596 g/mol. The summed E-state index contributed by atoms with van der Waals surface area (Å²) in [5.74, 6) is -4.08. The van der Waals surface area contributed by atoms with Gasteiger partial charge >= 0.3 is 5.97 Å². The van der Waals surface area contributed by atoms with Crippen molar-refractivity contribution in [2.75, 3.05) is 18.8 Å². The van der Waals surface area contributed by atoms with Crippen LogP contribution >= 0.6 is 11.8 Å². The minimum atomic E-state index is -3.09. The van der Waals surface area contributed by atoms with Gasteiger partial charge in [-0.3, -0.25) is 0 Å². The van der Waals surface area contributed by atoms with Crippen molar-refractivity contribution in [3.05, 3.63) is 59.6 Å². The second-order valence-corrected chi connectivity index (χ2v) is 12.5. The number of alkyl halides is 2. The molecule has 41 heavy (non-hydrogen) atoms. The number of aliphatic carboxylic acids is 1. The zero-order chi connectivity index (χ0) is 29.9. The average molecular weight is 597 g/mol. The Hall–Kier alpha value is -1.93. The topological polar surface area (TPSA) is 66.6 Å². The molecule has 0 amide bonds. The number of unbranched alkanes of at least 4 members (excludes halogenated alkanes) is 7. The zero-order valence-electron chi connectivity index (χ0n) is 24.8. The van der Waals surface area contributed by atoms with Crippen molar-refractivity contribution in [3.8, 4) is 0 Å². The van der Waals surface area contributed by atoms with Gasteiger partial charge in [0.25, 0.3) is 5.92 Å². The van der Waals surface area contributed by atoms with Crippen LogP contribution in [0, 0.1) is 11.7 Å². The maximum absolute atomic E-state index is 14.5. The number of allylic oxidation sites excluding steroid dienone is 2. The van der Waals surface area contributed by atoms with Crippen molar-refractivity contribution in [3.63, 3.8) is 0 Å². The van der Waals surface area contributed by atoms with Crippen LogP contribution in [-0.2, 0) is 10.7 Å². The van der Waals surface area contributed by atoms with Crippen LogP contribution < -0.4 is 5.73 Å². The summed E-state index contributed by atoms with van der Waals surface area (Å²) in [5.41, 5.74) is 5.39. The first-order valence-electron chi connectivity index (χ1n) is 15.6. The number of carbonyl (C=O) groups is 1. The number of hydrogen-bond acceptors (Lipinski definition) is 4. The van der Waals surface area contributed by atoms with Gasteiger partial charge in [-0.2, -0.15) is 0 Å².